The van der Waals surface area contributed by atoms with E-state index in [9.17, 15) is 4.79 Å². The summed E-state index contributed by atoms with van der Waals surface area (Å²) in [6, 6.07) is 0. The van der Waals surface area contributed by atoms with Gasteiger partial charge in [0, 0.05) is 0 Å². The highest BCUT2D eigenvalue weighted by atomic mass is 16.6. The molecule has 3 nitrogen and oxygen atoms in total. The highest BCUT2D eigenvalue weighted by molar-refractivity contribution is 5.73. The Bertz CT molecular complexity index is 310. The van der Waals surface area contributed by atoms with Crippen molar-refractivity contribution < 1.29 is 14.3 Å². The van der Waals surface area contributed by atoms with Crippen LogP contribution in [0.5, 0.6) is 0 Å². The van der Waals surface area contributed by atoms with E-state index in [2.05, 4.69) is 13.5 Å². The van der Waals surface area contributed by atoms with Crippen molar-refractivity contribution in [3.63, 3.8) is 0 Å². The summed E-state index contributed by atoms with van der Waals surface area (Å²) in [7, 11) is 0. The molecule has 3 atom stereocenters. The van der Waals surface area contributed by atoms with E-state index >= 15 is 0 Å². The Labute approximate surface area is 96.8 Å². The zero-order valence-electron chi connectivity index (χ0n) is 10.1. The van der Waals surface area contributed by atoms with Gasteiger partial charge in [-0.3, -0.25) is 4.79 Å². The number of hydrogen-bond acceptors (Lipinski definition) is 3. The van der Waals surface area contributed by atoms with Gasteiger partial charge in [-0.15, -0.1) is 0 Å². The van der Waals surface area contributed by atoms with Gasteiger partial charge in [-0.25, -0.2) is 0 Å². The molecular formula is C13H20O3. The molecule has 16 heavy (non-hydrogen) atoms. The maximum absolute atomic E-state index is 11.8. The van der Waals surface area contributed by atoms with Gasteiger partial charge in [0.15, 0.2) is 0 Å². The molecular weight excluding hydrogens is 204 g/mol. The standard InChI is InChI=1S/C13H20O3/c1-4-13-7-10(5-6-11(13)16-13)12(14)15-8-9(2)3/h10-11H,2,4-8H2,1,3H3. The highest BCUT2D eigenvalue weighted by Crippen LogP contribution is 2.51. The number of ether oxygens (including phenoxy) is 2. The molecule has 0 amide bonds. The second kappa shape index (κ2) is 4.21. The Morgan fingerprint density at radius 2 is 2.31 bits per heavy atom. The molecule has 1 saturated heterocycles. The fraction of sp³-hybridized carbons (Fsp3) is 0.769. The van der Waals surface area contributed by atoms with E-state index < -0.39 is 0 Å². The Kier molecular flexibility index (Phi) is 3.06. The van der Waals surface area contributed by atoms with Crippen LogP contribution in [0, 0.1) is 5.92 Å². The topological polar surface area (TPSA) is 38.8 Å². The Morgan fingerprint density at radius 3 is 2.94 bits per heavy atom. The first-order chi connectivity index (χ1) is 7.57. The van der Waals surface area contributed by atoms with Gasteiger partial charge in [0.1, 0.15) is 6.61 Å². The monoisotopic (exact) mass is 224 g/mol. The third-order valence-electron chi connectivity index (χ3n) is 3.67. The molecule has 0 radical (unpaired) electrons. The van der Waals surface area contributed by atoms with Crippen molar-refractivity contribution in [2.45, 2.75) is 51.2 Å². The number of carbonyl (C=O) groups is 1. The lowest BCUT2D eigenvalue weighted by Crippen LogP contribution is -2.30. The third kappa shape index (κ3) is 2.14. The molecule has 0 N–H and O–H groups in total. The van der Waals surface area contributed by atoms with Crippen molar-refractivity contribution >= 4 is 5.97 Å². The van der Waals surface area contributed by atoms with Gasteiger partial charge >= 0.3 is 5.97 Å². The van der Waals surface area contributed by atoms with Crippen molar-refractivity contribution in [1.29, 1.82) is 0 Å². The Hall–Kier alpha value is -0.830. The molecule has 3 heteroatoms. The zero-order chi connectivity index (χ0) is 11.8. The number of rotatable bonds is 4. The summed E-state index contributed by atoms with van der Waals surface area (Å²) in [5.41, 5.74) is 0.889. The third-order valence-corrected chi connectivity index (χ3v) is 3.67. The fourth-order valence-corrected chi connectivity index (χ4v) is 2.59. The van der Waals surface area contributed by atoms with Gasteiger partial charge in [0.25, 0.3) is 0 Å². The molecule has 2 aliphatic rings. The second-order valence-electron chi connectivity index (χ2n) is 5.07. The van der Waals surface area contributed by atoms with E-state index in [1.807, 2.05) is 6.92 Å². The molecule has 2 rings (SSSR count). The van der Waals surface area contributed by atoms with Gasteiger partial charge in [-0.05, 0) is 38.2 Å². The predicted molar refractivity (Wildman–Crippen MR) is 61.0 cm³/mol. The van der Waals surface area contributed by atoms with E-state index in [1.165, 1.54) is 0 Å². The minimum absolute atomic E-state index is 0.00512. The van der Waals surface area contributed by atoms with Gasteiger partial charge in [-0.1, -0.05) is 13.5 Å². The van der Waals surface area contributed by atoms with E-state index in [-0.39, 0.29) is 17.5 Å². The molecule has 1 saturated carbocycles. The lowest BCUT2D eigenvalue weighted by atomic mass is 9.80. The Morgan fingerprint density at radius 1 is 1.56 bits per heavy atom. The van der Waals surface area contributed by atoms with E-state index in [0.717, 1.165) is 31.3 Å². The van der Waals surface area contributed by atoms with Gasteiger partial charge in [-0.2, -0.15) is 0 Å². The average molecular weight is 224 g/mol. The fourth-order valence-electron chi connectivity index (χ4n) is 2.59. The van der Waals surface area contributed by atoms with Crippen LogP contribution < -0.4 is 0 Å². The molecule has 2 fully saturated rings. The summed E-state index contributed by atoms with van der Waals surface area (Å²) in [5, 5.41) is 0. The molecule has 3 unspecified atom stereocenters. The largest absolute Gasteiger partial charge is 0.461 e. The van der Waals surface area contributed by atoms with Crippen LogP contribution in [0.4, 0.5) is 0 Å². The van der Waals surface area contributed by atoms with Crippen molar-refractivity contribution in [3.8, 4) is 0 Å². The number of fused-ring (bicyclic) bond motifs is 1. The minimum Gasteiger partial charge on any atom is -0.461 e. The van der Waals surface area contributed by atoms with Gasteiger partial charge in [0.05, 0.1) is 17.6 Å². The van der Waals surface area contributed by atoms with Crippen LogP contribution in [0.3, 0.4) is 0 Å². The van der Waals surface area contributed by atoms with Crippen LogP contribution >= 0.6 is 0 Å². The van der Waals surface area contributed by atoms with Crippen LogP contribution in [0.2, 0.25) is 0 Å². The molecule has 0 aromatic carbocycles. The smallest absolute Gasteiger partial charge is 0.309 e. The van der Waals surface area contributed by atoms with Crippen LogP contribution in [0.1, 0.15) is 39.5 Å². The summed E-state index contributed by atoms with van der Waals surface area (Å²) < 4.78 is 10.9. The number of hydrogen-bond donors (Lipinski definition) is 0. The zero-order valence-corrected chi connectivity index (χ0v) is 10.1. The van der Waals surface area contributed by atoms with E-state index in [0.29, 0.717) is 12.7 Å². The maximum Gasteiger partial charge on any atom is 0.309 e. The molecule has 0 aromatic rings. The quantitative estimate of drug-likeness (QED) is 0.418. The molecule has 1 aliphatic carbocycles. The maximum atomic E-state index is 11.8. The molecule has 0 spiro atoms. The number of carbonyl (C=O) groups excluding carboxylic acids is 1. The number of epoxide rings is 1. The Balaban J connectivity index is 1.86. The van der Waals surface area contributed by atoms with E-state index in [4.69, 9.17) is 9.47 Å². The van der Waals surface area contributed by atoms with Gasteiger partial charge in [0.2, 0.25) is 0 Å². The molecule has 90 valence electrons. The number of esters is 1. The normalized spacial score (nSPS) is 36.4. The lowest BCUT2D eigenvalue weighted by Gasteiger charge is -2.23. The molecule has 1 heterocycles. The van der Waals surface area contributed by atoms with Gasteiger partial charge < -0.3 is 9.47 Å². The molecule has 1 aliphatic heterocycles. The van der Waals surface area contributed by atoms with Crippen molar-refractivity contribution in [2.24, 2.45) is 5.92 Å². The summed E-state index contributed by atoms with van der Waals surface area (Å²) >= 11 is 0. The SMILES string of the molecule is C=C(C)COC(=O)C1CCC2OC2(CC)C1. The minimum atomic E-state index is -0.0789. The van der Waals surface area contributed by atoms with Crippen LogP contribution in [0.25, 0.3) is 0 Å². The summed E-state index contributed by atoms with van der Waals surface area (Å²) in [4.78, 5) is 11.8. The molecule has 0 bridgehead atoms. The van der Waals surface area contributed by atoms with Crippen LogP contribution in [-0.4, -0.2) is 24.3 Å². The van der Waals surface area contributed by atoms with E-state index in [1.54, 1.807) is 0 Å². The van der Waals surface area contributed by atoms with Crippen LogP contribution in [-0.2, 0) is 14.3 Å². The van der Waals surface area contributed by atoms with Crippen molar-refractivity contribution in [2.75, 3.05) is 6.61 Å². The summed E-state index contributed by atoms with van der Waals surface area (Å²) in [6.45, 7) is 8.06. The van der Waals surface area contributed by atoms with Crippen LogP contribution in [0.15, 0.2) is 12.2 Å². The first-order valence-electron chi connectivity index (χ1n) is 6.06. The highest BCUT2D eigenvalue weighted by Gasteiger charge is 2.58. The van der Waals surface area contributed by atoms with Crippen molar-refractivity contribution in [3.05, 3.63) is 12.2 Å². The van der Waals surface area contributed by atoms with Crippen molar-refractivity contribution in [1.82, 2.24) is 0 Å². The predicted octanol–water partition coefficient (Wildman–Crippen LogP) is 2.45. The first kappa shape index (κ1) is 11.6. The molecule has 0 aromatic heterocycles. The average Bonchev–Trinajstić information content (AvgIpc) is 2.99. The summed E-state index contributed by atoms with van der Waals surface area (Å²) in [5.74, 6) is -0.0529. The summed E-state index contributed by atoms with van der Waals surface area (Å²) in [6.07, 6.45) is 4.15. The second-order valence-corrected chi connectivity index (χ2v) is 5.07. The lowest BCUT2D eigenvalue weighted by molar-refractivity contribution is -0.148. The first-order valence-corrected chi connectivity index (χ1v) is 6.06.